The van der Waals surface area contributed by atoms with E-state index < -0.39 is 97.5 Å². The lowest BCUT2D eigenvalue weighted by Crippen LogP contribution is -2.30. The molecule has 0 spiro atoms. The van der Waals surface area contributed by atoms with Crippen LogP contribution in [0.15, 0.2) is 170 Å². The molecule has 0 heterocycles. The predicted molar refractivity (Wildman–Crippen MR) is 436 cm³/mol. The first kappa shape index (κ1) is 100. The van der Waals surface area contributed by atoms with E-state index in [0.29, 0.717) is 32.1 Å². The Morgan fingerprint density at radius 3 is 0.774 bits per heavy atom. The van der Waals surface area contributed by atoms with Crippen molar-refractivity contribution in [2.75, 3.05) is 39.6 Å². The lowest BCUT2D eigenvalue weighted by Gasteiger charge is -2.21. The molecule has 0 rings (SSSR count). The Balaban J connectivity index is 5.45. The van der Waals surface area contributed by atoms with E-state index in [1.165, 1.54) is 19.3 Å². The number of carbonyl (C=O) groups is 4. The molecule has 0 fully saturated rings. The van der Waals surface area contributed by atoms with Gasteiger partial charge in [-0.05, 0) is 173 Å². The van der Waals surface area contributed by atoms with E-state index >= 15 is 0 Å². The molecule has 0 aromatic rings. The van der Waals surface area contributed by atoms with Gasteiger partial charge >= 0.3 is 39.5 Å². The average molecular weight is 1520 g/mol. The van der Waals surface area contributed by atoms with Crippen LogP contribution in [0, 0.1) is 0 Å². The molecule has 5 unspecified atom stereocenters. The van der Waals surface area contributed by atoms with Gasteiger partial charge < -0.3 is 33.8 Å². The molecule has 5 atom stereocenters. The number of aliphatic hydroxyl groups excluding tert-OH is 1. The van der Waals surface area contributed by atoms with E-state index in [9.17, 15) is 43.2 Å². The van der Waals surface area contributed by atoms with Crippen molar-refractivity contribution < 1.29 is 80.2 Å². The van der Waals surface area contributed by atoms with Crippen molar-refractivity contribution in [2.24, 2.45) is 0 Å². The highest BCUT2D eigenvalue weighted by molar-refractivity contribution is 7.47. The number of hydrogen-bond donors (Lipinski definition) is 3. The molecule has 17 nitrogen and oxygen atoms in total. The summed E-state index contributed by atoms with van der Waals surface area (Å²) in [5.74, 6) is -2.29. The zero-order valence-electron chi connectivity index (χ0n) is 65.8. The second-order valence-electron chi connectivity index (χ2n) is 26.2. The minimum absolute atomic E-state index is 0.0326. The highest BCUT2D eigenvalue weighted by atomic mass is 31.2. The van der Waals surface area contributed by atoms with Crippen molar-refractivity contribution in [3.05, 3.63) is 170 Å². The largest absolute Gasteiger partial charge is 0.472 e. The minimum Gasteiger partial charge on any atom is -0.462 e. The Labute approximate surface area is 642 Å². The molecular weight excluding hydrogens is 1380 g/mol. The molecule has 19 heteroatoms. The number of ether oxygens (including phenoxy) is 4. The van der Waals surface area contributed by atoms with Crippen molar-refractivity contribution in [3.8, 4) is 0 Å². The summed E-state index contributed by atoms with van der Waals surface area (Å²) >= 11 is 0. The van der Waals surface area contributed by atoms with Crippen molar-refractivity contribution in [1.82, 2.24) is 0 Å². The van der Waals surface area contributed by atoms with Gasteiger partial charge in [0.1, 0.15) is 19.3 Å². The highest BCUT2D eigenvalue weighted by Crippen LogP contribution is 2.45. The van der Waals surface area contributed by atoms with Gasteiger partial charge in [-0.1, -0.05) is 268 Å². The quantitative estimate of drug-likeness (QED) is 0.0169. The van der Waals surface area contributed by atoms with Crippen LogP contribution in [0.5, 0.6) is 0 Å². The van der Waals surface area contributed by atoms with E-state index in [1.807, 2.05) is 0 Å². The Kier molecular flexibility index (Phi) is 73.5. The molecule has 0 aromatic heterocycles. The Bertz CT molecular complexity index is 2680. The first-order valence-corrected chi connectivity index (χ1v) is 43.4. The van der Waals surface area contributed by atoms with Crippen LogP contribution in [0.3, 0.4) is 0 Å². The van der Waals surface area contributed by atoms with Crippen LogP contribution < -0.4 is 0 Å². The van der Waals surface area contributed by atoms with Gasteiger partial charge in [0.25, 0.3) is 0 Å². The zero-order chi connectivity index (χ0) is 77.4. The standard InChI is InChI=1S/C87H142O17P2/c1-5-9-13-17-21-25-29-33-37-39-40-42-46-48-52-56-60-64-68-72-85(90)98-78-83(104-87(92)74-70-66-62-58-54-50-44-36-32-28-24-20-16-12-8-4)80-102-106(95,96)100-76-81(88)75-99-105(93,94)101-79-82(103-86(91)73-69-65-61-57-53-49-43-35-31-27-23-19-15-11-7-3)77-97-84(89)71-67-63-59-55-51-47-45-41-38-34-30-26-22-18-14-10-6-2/h9-10,12-14,16,21-28,33-38,40,42-45,47,54,58,81-83,88H,5-8,11,15,17-20,29-32,39,41,46,48-53,55-57,59-80H2,1-4H3,(H,93,94)(H,95,96)/b13-9-,14-10-,16-12-,25-21-,26-22-,27-23-,28-24-,37-33-,38-34-,42-40-,43-35-,44-36-,47-45-,58-54-. The maximum Gasteiger partial charge on any atom is 0.472 e. The molecule has 3 N–H and O–H groups in total. The molecule has 0 saturated carbocycles. The maximum absolute atomic E-state index is 13.1. The van der Waals surface area contributed by atoms with Gasteiger partial charge in [0.15, 0.2) is 12.2 Å². The third-order valence-electron chi connectivity index (χ3n) is 16.2. The summed E-state index contributed by atoms with van der Waals surface area (Å²) < 4.78 is 68.6. The molecule has 0 radical (unpaired) electrons. The van der Waals surface area contributed by atoms with Gasteiger partial charge in [-0.2, -0.15) is 0 Å². The molecule has 0 saturated heterocycles. The van der Waals surface area contributed by atoms with Crippen LogP contribution in [-0.4, -0.2) is 96.7 Å². The molecule has 0 aromatic carbocycles. The van der Waals surface area contributed by atoms with Crippen molar-refractivity contribution in [3.63, 3.8) is 0 Å². The third-order valence-corrected chi connectivity index (χ3v) is 18.1. The van der Waals surface area contributed by atoms with Gasteiger partial charge in [0, 0.05) is 25.7 Å². The normalized spacial score (nSPS) is 14.7. The van der Waals surface area contributed by atoms with Gasteiger partial charge in [0.05, 0.1) is 26.4 Å². The lowest BCUT2D eigenvalue weighted by molar-refractivity contribution is -0.161. The fourth-order valence-corrected chi connectivity index (χ4v) is 11.7. The van der Waals surface area contributed by atoms with Crippen LogP contribution in [-0.2, 0) is 65.4 Å². The summed E-state index contributed by atoms with van der Waals surface area (Å²) in [4.78, 5) is 73.1. The maximum atomic E-state index is 13.1. The first-order valence-electron chi connectivity index (χ1n) is 40.4. The van der Waals surface area contributed by atoms with Gasteiger partial charge in [-0.15, -0.1) is 0 Å². The molecule has 602 valence electrons. The SMILES string of the molecule is CC/C=C\C/C=C\C/C=C\C/C=C\CCCCCCCCC(=O)OCC(COP(=O)(O)OCC(O)COP(=O)(O)OCC(COC(=O)CCCCCC/C=C\C/C=C\C/C=C\C/C=C\CC)OC(=O)CCCCCCC/C=C\C/C=C\CCCCC)OC(=O)CCCC/C=C\C/C=C\C/C=C\C/C=C\CC. The van der Waals surface area contributed by atoms with Crippen LogP contribution in [0.2, 0.25) is 0 Å². The van der Waals surface area contributed by atoms with Gasteiger partial charge in [-0.25, -0.2) is 9.13 Å². The van der Waals surface area contributed by atoms with Gasteiger partial charge in [-0.3, -0.25) is 37.3 Å². The molecule has 0 aliphatic carbocycles. The monoisotopic (exact) mass is 1520 g/mol. The predicted octanol–water partition coefficient (Wildman–Crippen LogP) is 23.8. The minimum atomic E-state index is -5.00. The molecule has 0 aliphatic rings. The third kappa shape index (κ3) is 76.6. The number of hydrogen-bond acceptors (Lipinski definition) is 15. The topological polar surface area (TPSA) is 237 Å². The number of allylic oxidation sites excluding steroid dienone is 28. The molecule has 106 heavy (non-hydrogen) atoms. The number of unbranched alkanes of at least 4 members (excludes halogenated alkanes) is 20. The van der Waals surface area contributed by atoms with Crippen LogP contribution in [0.25, 0.3) is 0 Å². The number of phosphoric ester groups is 2. The van der Waals surface area contributed by atoms with Crippen molar-refractivity contribution >= 4 is 39.5 Å². The van der Waals surface area contributed by atoms with E-state index in [2.05, 4.69) is 198 Å². The van der Waals surface area contributed by atoms with Crippen LogP contribution >= 0.6 is 15.6 Å². The van der Waals surface area contributed by atoms with Crippen molar-refractivity contribution in [1.29, 1.82) is 0 Å². The second-order valence-corrected chi connectivity index (χ2v) is 29.1. The summed E-state index contributed by atoms with van der Waals surface area (Å²) in [6, 6.07) is 0. The average Bonchev–Trinajstić information content (AvgIpc) is 0.909. The van der Waals surface area contributed by atoms with Crippen molar-refractivity contribution in [2.45, 2.75) is 316 Å². The summed E-state index contributed by atoms with van der Waals surface area (Å²) in [5, 5.41) is 10.7. The molecule has 0 bridgehead atoms. The van der Waals surface area contributed by atoms with Crippen LogP contribution in [0.1, 0.15) is 297 Å². The number of aliphatic hydroxyl groups is 1. The lowest BCUT2D eigenvalue weighted by atomic mass is 10.1. The number of phosphoric acid groups is 2. The second kappa shape index (κ2) is 77.6. The number of esters is 4. The van der Waals surface area contributed by atoms with Crippen LogP contribution in [0.4, 0.5) is 0 Å². The fourth-order valence-electron chi connectivity index (χ4n) is 10.1. The molecule has 0 amide bonds. The molecular formula is C87H142O17P2. The zero-order valence-corrected chi connectivity index (χ0v) is 67.6. The van der Waals surface area contributed by atoms with E-state index in [4.69, 9.17) is 37.0 Å². The Morgan fingerprint density at radius 1 is 0.274 bits per heavy atom. The Morgan fingerprint density at radius 2 is 0.491 bits per heavy atom. The smallest absolute Gasteiger partial charge is 0.462 e. The number of rotatable bonds is 74. The van der Waals surface area contributed by atoms with Gasteiger partial charge in [0.2, 0.25) is 0 Å². The first-order chi connectivity index (χ1) is 51.7. The van der Waals surface area contributed by atoms with E-state index in [-0.39, 0.29) is 25.7 Å². The fraction of sp³-hybridized carbons (Fsp3) is 0.632. The number of carbonyl (C=O) groups excluding carboxylic acids is 4. The summed E-state index contributed by atoms with van der Waals surface area (Å²) in [5.41, 5.74) is 0. The van der Waals surface area contributed by atoms with E-state index in [1.54, 1.807) is 0 Å². The van der Waals surface area contributed by atoms with E-state index in [0.717, 1.165) is 193 Å². The summed E-state index contributed by atoms with van der Waals surface area (Å²) in [7, 11) is -10.0. The summed E-state index contributed by atoms with van der Waals surface area (Å²) in [6.45, 7) is 4.39. The molecule has 0 aliphatic heterocycles. The highest BCUT2D eigenvalue weighted by Gasteiger charge is 2.30. The Hall–Kier alpha value is -5.58. The summed E-state index contributed by atoms with van der Waals surface area (Å²) in [6.07, 6.45) is 91.9.